The summed E-state index contributed by atoms with van der Waals surface area (Å²) in [5, 5.41) is 0. The summed E-state index contributed by atoms with van der Waals surface area (Å²) in [6, 6.07) is 8.19. The number of aromatic nitrogens is 2. The second-order valence-electron chi connectivity index (χ2n) is 3.67. The lowest BCUT2D eigenvalue weighted by Gasteiger charge is -2.26. The molecule has 0 spiro atoms. The number of rotatable bonds is 2. The van der Waals surface area contributed by atoms with Crippen molar-refractivity contribution in [3.05, 3.63) is 30.6 Å². The van der Waals surface area contributed by atoms with Gasteiger partial charge in [0.05, 0.1) is 30.0 Å². The molecule has 0 saturated carbocycles. The lowest BCUT2D eigenvalue weighted by atomic mass is 10.2. The molecule has 0 amide bonds. The molecule has 2 heterocycles. The lowest BCUT2D eigenvalue weighted by molar-refractivity contribution is -0.0586. The molecule has 1 fully saturated rings. The Morgan fingerprint density at radius 3 is 3.07 bits per heavy atom. The monoisotopic (exact) mass is 188 g/mol. The average molecular weight is 188 g/mol. The Hall–Kier alpha value is -1.35. The minimum Gasteiger partial charge on any atom is -0.376 e. The topological polar surface area (TPSA) is 27.1 Å². The van der Waals surface area contributed by atoms with E-state index < -0.39 is 0 Å². The Morgan fingerprint density at radius 2 is 2.29 bits per heavy atom. The van der Waals surface area contributed by atoms with Crippen molar-refractivity contribution in [2.45, 2.75) is 19.1 Å². The zero-order valence-corrected chi connectivity index (χ0v) is 7.89. The van der Waals surface area contributed by atoms with E-state index in [2.05, 4.69) is 15.6 Å². The van der Waals surface area contributed by atoms with Gasteiger partial charge in [-0.3, -0.25) is 0 Å². The van der Waals surface area contributed by atoms with Crippen molar-refractivity contribution >= 4 is 11.0 Å². The molecule has 1 saturated heterocycles. The minimum atomic E-state index is 0.396. The van der Waals surface area contributed by atoms with E-state index in [1.165, 1.54) is 11.9 Å². The molecule has 1 atom stereocenters. The molecule has 14 heavy (non-hydrogen) atoms. The molecule has 1 aromatic carbocycles. The SMILES string of the molecule is c1ccc2c(c1)ncn2CC1CCO1. The number of imidazole rings is 1. The summed E-state index contributed by atoms with van der Waals surface area (Å²) in [7, 11) is 0. The highest BCUT2D eigenvalue weighted by molar-refractivity contribution is 5.74. The standard InChI is InChI=1S/C11H12N2O/c1-2-4-11-10(3-1)12-8-13(11)7-9-5-6-14-9/h1-4,8-9H,5-7H2. The fourth-order valence-corrected chi connectivity index (χ4v) is 1.80. The van der Waals surface area contributed by atoms with E-state index in [-0.39, 0.29) is 0 Å². The second kappa shape index (κ2) is 3.10. The lowest BCUT2D eigenvalue weighted by Crippen LogP contribution is -2.30. The van der Waals surface area contributed by atoms with Crippen molar-refractivity contribution in [2.75, 3.05) is 6.61 Å². The second-order valence-corrected chi connectivity index (χ2v) is 3.67. The third-order valence-corrected chi connectivity index (χ3v) is 2.72. The predicted octanol–water partition coefficient (Wildman–Crippen LogP) is 1.83. The highest BCUT2D eigenvalue weighted by Crippen LogP contribution is 2.17. The van der Waals surface area contributed by atoms with E-state index in [0.717, 1.165) is 18.7 Å². The first-order valence-corrected chi connectivity index (χ1v) is 4.95. The smallest absolute Gasteiger partial charge is 0.0959 e. The Labute approximate surface area is 82.3 Å². The first kappa shape index (κ1) is 8.00. The van der Waals surface area contributed by atoms with Crippen molar-refractivity contribution in [3.8, 4) is 0 Å². The van der Waals surface area contributed by atoms with Crippen LogP contribution in [-0.2, 0) is 11.3 Å². The van der Waals surface area contributed by atoms with Gasteiger partial charge in [-0.2, -0.15) is 0 Å². The summed E-state index contributed by atoms with van der Waals surface area (Å²) in [5.41, 5.74) is 2.26. The predicted molar refractivity (Wildman–Crippen MR) is 54.1 cm³/mol. The fraction of sp³-hybridized carbons (Fsp3) is 0.364. The van der Waals surface area contributed by atoms with Gasteiger partial charge in [0.1, 0.15) is 0 Å². The molecule has 2 aromatic rings. The minimum absolute atomic E-state index is 0.396. The summed E-state index contributed by atoms with van der Waals surface area (Å²) in [6.45, 7) is 1.85. The van der Waals surface area contributed by atoms with Gasteiger partial charge >= 0.3 is 0 Å². The Bertz CT molecular complexity index is 445. The third-order valence-electron chi connectivity index (χ3n) is 2.72. The molecule has 0 bridgehead atoms. The zero-order chi connectivity index (χ0) is 9.38. The average Bonchev–Trinajstić information content (AvgIpc) is 2.55. The molecular formula is C11H12N2O. The molecule has 0 radical (unpaired) electrons. The zero-order valence-electron chi connectivity index (χ0n) is 7.89. The molecule has 72 valence electrons. The molecule has 3 nitrogen and oxygen atoms in total. The Balaban J connectivity index is 1.95. The summed E-state index contributed by atoms with van der Waals surface area (Å²) < 4.78 is 7.57. The first-order chi connectivity index (χ1) is 6.93. The van der Waals surface area contributed by atoms with E-state index in [4.69, 9.17) is 4.74 Å². The third kappa shape index (κ3) is 1.21. The number of ether oxygens (including phenoxy) is 1. The van der Waals surface area contributed by atoms with Crippen LogP contribution in [0.4, 0.5) is 0 Å². The number of benzene rings is 1. The van der Waals surface area contributed by atoms with Gasteiger partial charge in [-0.25, -0.2) is 4.98 Å². The number of hydrogen-bond acceptors (Lipinski definition) is 2. The molecular weight excluding hydrogens is 176 g/mol. The van der Waals surface area contributed by atoms with Crippen LogP contribution in [0.15, 0.2) is 30.6 Å². The van der Waals surface area contributed by atoms with E-state index in [1.54, 1.807) is 0 Å². The van der Waals surface area contributed by atoms with Gasteiger partial charge in [-0.05, 0) is 18.6 Å². The highest BCUT2D eigenvalue weighted by Gasteiger charge is 2.18. The van der Waals surface area contributed by atoms with Crippen molar-refractivity contribution < 1.29 is 4.74 Å². The van der Waals surface area contributed by atoms with Crippen molar-refractivity contribution in [3.63, 3.8) is 0 Å². The molecule has 3 rings (SSSR count). The van der Waals surface area contributed by atoms with E-state index in [1.807, 2.05) is 24.5 Å². The quantitative estimate of drug-likeness (QED) is 0.718. The van der Waals surface area contributed by atoms with Gasteiger partial charge in [0.2, 0.25) is 0 Å². The molecule has 3 heteroatoms. The van der Waals surface area contributed by atoms with Crippen LogP contribution in [0.3, 0.4) is 0 Å². The number of fused-ring (bicyclic) bond motifs is 1. The fourth-order valence-electron chi connectivity index (χ4n) is 1.80. The Kier molecular flexibility index (Phi) is 1.77. The highest BCUT2D eigenvalue weighted by atomic mass is 16.5. The van der Waals surface area contributed by atoms with Gasteiger partial charge < -0.3 is 9.30 Å². The van der Waals surface area contributed by atoms with Crippen LogP contribution in [0.25, 0.3) is 11.0 Å². The van der Waals surface area contributed by atoms with Crippen molar-refractivity contribution in [1.29, 1.82) is 0 Å². The van der Waals surface area contributed by atoms with Crippen LogP contribution in [0.1, 0.15) is 6.42 Å². The van der Waals surface area contributed by atoms with Gasteiger partial charge in [-0.15, -0.1) is 0 Å². The van der Waals surface area contributed by atoms with Gasteiger partial charge in [0.25, 0.3) is 0 Å². The molecule has 0 aliphatic carbocycles. The maximum absolute atomic E-state index is 5.40. The largest absolute Gasteiger partial charge is 0.376 e. The summed E-state index contributed by atoms with van der Waals surface area (Å²) in [6.07, 6.45) is 3.46. The maximum atomic E-state index is 5.40. The van der Waals surface area contributed by atoms with E-state index >= 15 is 0 Å². The molecule has 1 aliphatic heterocycles. The van der Waals surface area contributed by atoms with Crippen LogP contribution < -0.4 is 0 Å². The van der Waals surface area contributed by atoms with Crippen LogP contribution in [-0.4, -0.2) is 22.3 Å². The molecule has 0 N–H and O–H groups in total. The van der Waals surface area contributed by atoms with Crippen LogP contribution in [0.2, 0.25) is 0 Å². The van der Waals surface area contributed by atoms with Crippen LogP contribution in [0, 0.1) is 0 Å². The van der Waals surface area contributed by atoms with Gasteiger partial charge in [-0.1, -0.05) is 12.1 Å². The van der Waals surface area contributed by atoms with Crippen LogP contribution in [0.5, 0.6) is 0 Å². The number of nitrogens with zero attached hydrogens (tertiary/aromatic N) is 2. The first-order valence-electron chi connectivity index (χ1n) is 4.95. The van der Waals surface area contributed by atoms with Gasteiger partial charge in [0.15, 0.2) is 0 Å². The van der Waals surface area contributed by atoms with E-state index in [0.29, 0.717) is 6.10 Å². The number of para-hydroxylation sites is 2. The van der Waals surface area contributed by atoms with Crippen LogP contribution >= 0.6 is 0 Å². The molecule has 1 unspecified atom stereocenters. The van der Waals surface area contributed by atoms with E-state index in [9.17, 15) is 0 Å². The number of hydrogen-bond donors (Lipinski definition) is 0. The van der Waals surface area contributed by atoms with Crippen molar-refractivity contribution in [2.24, 2.45) is 0 Å². The molecule has 1 aliphatic rings. The van der Waals surface area contributed by atoms with Crippen molar-refractivity contribution in [1.82, 2.24) is 9.55 Å². The normalized spacial score (nSPS) is 21.0. The molecule has 1 aromatic heterocycles. The maximum Gasteiger partial charge on any atom is 0.0959 e. The Morgan fingerprint density at radius 1 is 1.43 bits per heavy atom. The summed E-state index contributed by atoms with van der Waals surface area (Å²) >= 11 is 0. The van der Waals surface area contributed by atoms with Gasteiger partial charge in [0, 0.05) is 6.61 Å². The summed E-state index contributed by atoms with van der Waals surface area (Å²) in [5.74, 6) is 0. The summed E-state index contributed by atoms with van der Waals surface area (Å²) in [4.78, 5) is 4.34.